The molecule has 22 heteroatoms. The molecular weight excluding hydrogens is 1360 g/mol. The first-order valence-electron chi connectivity index (χ1n) is 37.5. The van der Waals surface area contributed by atoms with E-state index < -0.39 is 0 Å². The Bertz CT molecular complexity index is 4220. The van der Waals surface area contributed by atoms with Gasteiger partial charge >= 0.3 is 0 Å². The van der Waals surface area contributed by atoms with Crippen molar-refractivity contribution in [3.63, 3.8) is 0 Å². The van der Waals surface area contributed by atoms with Gasteiger partial charge in [0.05, 0.1) is 60.9 Å². The van der Waals surface area contributed by atoms with E-state index in [4.69, 9.17) is 40.2 Å². The molecule has 564 valence electrons. The number of terminal acetylenes is 1. The summed E-state index contributed by atoms with van der Waals surface area (Å²) in [7, 11) is 0. The molecule has 15 rings (SSSR count). The summed E-state index contributed by atoms with van der Waals surface area (Å²) in [6.45, 7) is 20.5. The number of carbonyl (C=O) groups is 3. The Hall–Kier alpha value is -11.2. The summed E-state index contributed by atoms with van der Waals surface area (Å²) in [5.41, 5.74) is 5.40. The van der Waals surface area contributed by atoms with Crippen LogP contribution in [-0.4, -0.2) is 220 Å². The molecule has 0 saturated carbocycles. The van der Waals surface area contributed by atoms with Crippen LogP contribution in [0.3, 0.4) is 0 Å². The van der Waals surface area contributed by atoms with Gasteiger partial charge in [-0.3, -0.25) is 29.2 Å². The number of oxime groups is 1. The second kappa shape index (κ2) is 42.2. The largest absolute Gasteiger partial charge is 0.455 e. The predicted octanol–water partition coefficient (Wildman–Crippen LogP) is 12.6. The lowest BCUT2D eigenvalue weighted by Gasteiger charge is -2.36. The summed E-state index contributed by atoms with van der Waals surface area (Å²) in [5.74, 6) is 10.5. The third kappa shape index (κ3) is 23.9. The van der Waals surface area contributed by atoms with Crippen molar-refractivity contribution in [2.45, 2.75) is 38.8 Å². The molecule has 6 aliphatic heterocycles. The molecule has 6 saturated heterocycles. The maximum atomic E-state index is 11.8. The number of aromatic nitrogens is 1. The summed E-state index contributed by atoms with van der Waals surface area (Å²) in [6, 6.07) is 74.1. The highest BCUT2D eigenvalue weighted by Crippen LogP contribution is 2.37. The number of aliphatic hydroxyl groups is 1. The highest BCUT2D eigenvalue weighted by Gasteiger charge is 2.27. The van der Waals surface area contributed by atoms with Crippen LogP contribution in [0, 0.1) is 12.3 Å². The van der Waals surface area contributed by atoms with E-state index in [0.717, 1.165) is 230 Å². The molecule has 0 unspecified atom stereocenters. The fourth-order valence-electron chi connectivity index (χ4n) is 13.6. The Labute approximate surface area is 635 Å². The number of hydrogen-bond acceptors (Lipinski definition) is 20. The number of aliphatic hydroxyl groups excluding tert-OH is 1. The molecule has 9 aromatic rings. The molecule has 0 radical (unpaired) electrons. The number of para-hydroxylation sites is 12. The van der Waals surface area contributed by atoms with Crippen LogP contribution in [-0.2, 0) is 27.5 Å². The van der Waals surface area contributed by atoms with Gasteiger partial charge in [-0.25, -0.2) is 0 Å². The number of piperazine rings is 4. The second-order valence-corrected chi connectivity index (χ2v) is 26.7. The summed E-state index contributed by atoms with van der Waals surface area (Å²) < 4.78 is 29.7. The number of hydrogen-bond donors (Lipinski definition) is 2. The minimum Gasteiger partial charge on any atom is -0.455 e. The number of amides is 2. The van der Waals surface area contributed by atoms with Crippen molar-refractivity contribution < 1.29 is 48.2 Å². The predicted molar refractivity (Wildman–Crippen MR) is 425 cm³/mol. The highest BCUT2D eigenvalue weighted by molar-refractivity contribution is 5.78. The van der Waals surface area contributed by atoms with Gasteiger partial charge in [-0.05, 0) is 110 Å². The first-order chi connectivity index (χ1) is 53.2. The number of carbonyl (C=O) groups excluding carboxylic acids is 3. The summed E-state index contributed by atoms with van der Waals surface area (Å²) in [5, 5.41) is 24.8. The smallest absolute Gasteiger partial charge is 0.223 e. The van der Waals surface area contributed by atoms with Crippen LogP contribution in [0.15, 0.2) is 234 Å². The van der Waals surface area contributed by atoms with Gasteiger partial charge in [0.1, 0.15) is 29.3 Å². The lowest BCUT2D eigenvalue weighted by atomic mass is 10.2. The first-order valence-corrected chi connectivity index (χ1v) is 37.5. The number of benzene rings is 8. The van der Waals surface area contributed by atoms with E-state index in [1.165, 1.54) is 6.21 Å². The van der Waals surface area contributed by atoms with Crippen molar-refractivity contribution >= 4 is 47.1 Å². The Morgan fingerprint density at radius 1 is 0.426 bits per heavy atom. The van der Waals surface area contributed by atoms with Crippen LogP contribution in [0.5, 0.6) is 46.0 Å². The van der Waals surface area contributed by atoms with Crippen molar-refractivity contribution in [3.05, 3.63) is 236 Å². The topological polar surface area (TPSA) is 199 Å². The van der Waals surface area contributed by atoms with E-state index >= 15 is 0 Å². The van der Waals surface area contributed by atoms with Crippen molar-refractivity contribution in [2.24, 2.45) is 5.16 Å². The van der Waals surface area contributed by atoms with E-state index in [0.29, 0.717) is 39.0 Å². The van der Waals surface area contributed by atoms with E-state index in [1.807, 2.05) is 199 Å². The molecule has 8 aromatic carbocycles. The molecule has 0 aliphatic carbocycles. The van der Waals surface area contributed by atoms with Gasteiger partial charge in [-0.15, -0.1) is 11.6 Å². The molecular formula is C86H100N12O10. The number of likely N-dealkylation sites (tertiary alicyclic amines) is 2. The molecule has 0 bridgehead atoms. The Balaban J connectivity index is 0.000000139. The molecule has 2 amide bonds. The third-order valence-corrected chi connectivity index (χ3v) is 19.3. The minimum atomic E-state index is 0.202. The number of nitrogens with zero attached hydrogens (tertiary/aromatic N) is 12. The fraction of sp³-hybridized carbons (Fsp3) is 0.337. The zero-order valence-electron chi connectivity index (χ0n) is 61.6. The van der Waals surface area contributed by atoms with Gasteiger partial charge in [0, 0.05) is 156 Å². The normalized spacial score (nSPS) is 16.4. The maximum absolute atomic E-state index is 11.8. The lowest BCUT2D eigenvalue weighted by molar-refractivity contribution is -0.128. The standard InChI is InChI=1S/C25H28N4O3.C18H21N3O2.C18H22N2O2.C18H20N2O2.C7H9NO/c30-25-11-6-12-29(25)19-22-17-20(26-32-22)18-27-13-15-28(16-14-27)23-9-4-5-10-24(23)31-21-7-2-1-3-8-21;22-19-10-11-20-12-14-21(15-13-20)17-8-4-5-9-18(17)23-16-6-2-1-3-7-16;2*21-15-14-19-10-12-20(13-11-19)17-8-4-5-9-18(17)22-16-6-2-1-3-7-16;1-2-5-8-6-3-4-7(8)9/h1-5,7-10,17H,6,11-16,18-19H2;1-10,22H,11-15H2;1-9,21H,10-15H2;1-9,15H,10-14H2;1H,3-6H2/b;19-10+;;;. The quantitative estimate of drug-likeness (QED) is 0.0201. The maximum Gasteiger partial charge on any atom is 0.223 e. The minimum absolute atomic E-state index is 0.202. The van der Waals surface area contributed by atoms with E-state index in [2.05, 4.69) is 85.8 Å². The third-order valence-electron chi connectivity index (χ3n) is 19.3. The van der Waals surface area contributed by atoms with Crippen LogP contribution in [0.2, 0.25) is 0 Å². The molecule has 7 heterocycles. The van der Waals surface area contributed by atoms with Gasteiger partial charge in [0.25, 0.3) is 0 Å². The molecule has 6 aliphatic rings. The molecule has 0 atom stereocenters. The van der Waals surface area contributed by atoms with Crippen LogP contribution in [0.25, 0.3) is 0 Å². The average Bonchev–Trinajstić information content (AvgIpc) is 1.41. The van der Waals surface area contributed by atoms with Crippen LogP contribution >= 0.6 is 0 Å². The first kappa shape index (κ1) is 77.9. The molecule has 22 nitrogen and oxygen atoms in total. The molecule has 6 fully saturated rings. The molecule has 108 heavy (non-hydrogen) atoms. The van der Waals surface area contributed by atoms with Crippen molar-refractivity contribution in [1.29, 1.82) is 0 Å². The highest BCUT2D eigenvalue weighted by atomic mass is 16.5. The number of rotatable bonds is 23. The number of anilines is 4. The van der Waals surface area contributed by atoms with Crippen molar-refractivity contribution in [1.82, 2.24) is 34.6 Å². The number of aldehydes is 1. The van der Waals surface area contributed by atoms with Gasteiger partial charge in [0.15, 0.2) is 28.8 Å². The second-order valence-electron chi connectivity index (χ2n) is 26.7. The van der Waals surface area contributed by atoms with Crippen LogP contribution in [0.1, 0.15) is 37.1 Å². The van der Waals surface area contributed by atoms with E-state index in [-0.39, 0.29) is 18.4 Å². The summed E-state index contributed by atoms with van der Waals surface area (Å²) in [4.78, 5) is 55.3. The van der Waals surface area contributed by atoms with Crippen molar-refractivity contribution in [3.8, 4) is 58.3 Å². The SMILES string of the molecule is C#CCN1CCCC1=O.O/N=C/CN1CCN(c2ccccc2Oc2ccccc2)CC1.O=C1CCCN1Cc1cc(CN2CCN(c3ccccc3Oc3ccccc3)CC2)no1.O=CCN1CCN(c2ccccc2Oc2ccccc2)CC1.OCCN1CCN(c2ccccc2Oc2ccccc2)CC1. The zero-order chi connectivity index (χ0) is 74.8. The monoisotopic (exact) mass is 1460 g/mol. The van der Waals surface area contributed by atoms with Gasteiger partial charge in [-0.2, -0.15) is 0 Å². The van der Waals surface area contributed by atoms with Crippen LogP contribution in [0.4, 0.5) is 22.7 Å². The Morgan fingerprint density at radius 3 is 1.11 bits per heavy atom. The number of ether oxygens (including phenoxy) is 4. The van der Waals surface area contributed by atoms with Crippen LogP contribution < -0.4 is 38.5 Å². The summed E-state index contributed by atoms with van der Waals surface area (Å²) >= 11 is 0. The molecule has 1 aromatic heterocycles. The summed E-state index contributed by atoms with van der Waals surface area (Å²) in [6.07, 6.45) is 10.8. The lowest BCUT2D eigenvalue weighted by Crippen LogP contribution is -2.47. The van der Waals surface area contributed by atoms with E-state index in [9.17, 15) is 14.4 Å². The average molecular weight is 1460 g/mol. The molecule has 2 N–H and O–H groups in total. The Morgan fingerprint density at radius 2 is 0.769 bits per heavy atom. The van der Waals surface area contributed by atoms with E-state index in [1.54, 1.807) is 4.90 Å². The Kier molecular flexibility index (Phi) is 30.5. The fourth-order valence-corrected chi connectivity index (χ4v) is 13.6. The van der Waals surface area contributed by atoms with Gasteiger partial charge in [0.2, 0.25) is 11.8 Å². The van der Waals surface area contributed by atoms with Gasteiger partial charge in [-0.1, -0.05) is 132 Å². The zero-order valence-corrected chi connectivity index (χ0v) is 61.6. The molecule has 0 spiro atoms. The number of β-amino-alcohol motifs (C(OH)–C–C–N with tert-alkyl or cyclic N) is 1. The van der Waals surface area contributed by atoms with Gasteiger partial charge < -0.3 is 68.0 Å². The van der Waals surface area contributed by atoms with Crippen molar-refractivity contribution in [2.75, 3.05) is 170 Å².